The molecule has 1 aromatic carbocycles. The van der Waals surface area contributed by atoms with E-state index in [2.05, 4.69) is 0 Å². The van der Waals surface area contributed by atoms with Gasteiger partial charge in [-0.05, 0) is 5.56 Å². The van der Waals surface area contributed by atoms with Gasteiger partial charge >= 0.3 is 11.9 Å². The molecule has 0 saturated carbocycles. The van der Waals surface area contributed by atoms with Crippen LogP contribution < -0.4 is 0 Å². The first-order chi connectivity index (χ1) is 9.59. The Balaban J connectivity index is 1.96. The molecule has 7 heteroatoms. The molecule has 102 valence electrons. The summed E-state index contributed by atoms with van der Waals surface area (Å²) in [6.45, 7) is 0.200. The highest BCUT2D eigenvalue weighted by Gasteiger charge is 2.61. The van der Waals surface area contributed by atoms with Crippen molar-refractivity contribution in [2.24, 2.45) is 11.8 Å². The molecule has 0 amide bonds. The summed E-state index contributed by atoms with van der Waals surface area (Å²) < 4.78 is 10.3. The fraction of sp³-hybridized carbons (Fsp3) is 0.385. The lowest BCUT2D eigenvalue weighted by Gasteiger charge is -2.42. The van der Waals surface area contributed by atoms with Gasteiger partial charge in [0.05, 0.1) is 23.6 Å². The van der Waals surface area contributed by atoms with Gasteiger partial charge in [-0.2, -0.15) is 0 Å². The predicted octanol–water partition coefficient (Wildman–Crippen LogP) is 1.08. The number of nitrogens with zero attached hydrogens (tertiary/aromatic N) is 1. The van der Waals surface area contributed by atoms with E-state index in [1.807, 2.05) is 0 Å². The highest BCUT2D eigenvalue weighted by Crippen LogP contribution is 2.56. The molecule has 1 aliphatic carbocycles. The van der Waals surface area contributed by atoms with Crippen LogP contribution in [0.2, 0.25) is 0 Å². The van der Waals surface area contributed by atoms with Crippen molar-refractivity contribution in [3.05, 3.63) is 39.4 Å². The van der Waals surface area contributed by atoms with E-state index in [0.717, 1.165) is 0 Å². The van der Waals surface area contributed by atoms with Gasteiger partial charge in [0, 0.05) is 17.5 Å². The van der Waals surface area contributed by atoms with Crippen LogP contribution in [0.3, 0.4) is 0 Å². The predicted molar refractivity (Wildman–Crippen MR) is 62.6 cm³/mol. The first-order valence-electron chi connectivity index (χ1n) is 6.24. The smallest absolute Gasteiger partial charge is 0.320 e. The van der Waals surface area contributed by atoms with Crippen LogP contribution in [0.1, 0.15) is 23.1 Å². The number of cyclic esters (lactones) is 2. The fourth-order valence-corrected chi connectivity index (χ4v) is 3.60. The molecule has 2 saturated heterocycles. The van der Waals surface area contributed by atoms with Crippen molar-refractivity contribution in [2.45, 2.75) is 12.0 Å². The van der Waals surface area contributed by atoms with Crippen LogP contribution in [0.15, 0.2) is 18.2 Å². The molecule has 0 radical (unpaired) electrons. The van der Waals surface area contributed by atoms with Crippen LogP contribution in [0.25, 0.3) is 0 Å². The number of hydrogen-bond acceptors (Lipinski definition) is 6. The summed E-state index contributed by atoms with van der Waals surface area (Å²) >= 11 is 0. The molecular weight excluding hydrogens is 266 g/mol. The zero-order valence-electron chi connectivity index (χ0n) is 10.1. The number of fused-ring (bicyclic) bond motifs is 1. The lowest BCUT2D eigenvalue weighted by molar-refractivity contribution is -0.386. The molecule has 0 aromatic heterocycles. The highest BCUT2D eigenvalue weighted by molar-refractivity contribution is 5.98. The van der Waals surface area contributed by atoms with Gasteiger partial charge in [-0.3, -0.25) is 19.7 Å². The second kappa shape index (κ2) is 3.63. The maximum absolute atomic E-state index is 11.8. The monoisotopic (exact) mass is 275 g/mol. The Hall–Kier alpha value is -2.28. The van der Waals surface area contributed by atoms with E-state index in [-0.39, 0.29) is 12.3 Å². The van der Waals surface area contributed by atoms with E-state index >= 15 is 0 Å². The fourth-order valence-electron chi connectivity index (χ4n) is 3.60. The zero-order valence-corrected chi connectivity index (χ0v) is 10.1. The van der Waals surface area contributed by atoms with E-state index in [4.69, 9.17) is 9.47 Å². The third-order valence-electron chi connectivity index (χ3n) is 4.34. The number of rotatable bonds is 1. The molecule has 7 nitrogen and oxygen atoms in total. The molecular formula is C13H9NO6. The van der Waals surface area contributed by atoms with Crippen molar-refractivity contribution >= 4 is 17.6 Å². The van der Waals surface area contributed by atoms with Gasteiger partial charge in [-0.15, -0.1) is 0 Å². The Bertz CT molecular complexity index is 669. The van der Waals surface area contributed by atoms with Crippen molar-refractivity contribution in [1.29, 1.82) is 0 Å². The van der Waals surface area contributed by atoms with E-state index in [9.17, 15) is 19.7 Å². The standard InChI is InChI=1S/C13H9NO6/c15-12-9-6-4-19-11(10(9)13(16)20-12)5-2-1-3-7(8(5)6)14(17)18/h1-3,6,9-11H,4H2. The van der Waals surface area contributed by atoms with Gasteiger partial charge in [0.15, 0.2) is 0 Å². The van der Waals surface area contributed by atoms with Crippen LogP contribution in [-0.2, 0) is 19.1 Å². The van der Waals surface area contributed by atoms with E-state index in [1.165, 1.54) is 6.07 Å². The molecule has 0 spiro atoms. The SMILES string of the molecule is O=C1OC(=O)C2C3OCC(c4c3cccc4[N+](=O)[O-])C12. The van der Waals surface area contributed by atoms with Crippen molar-refractivity contribution in [3.63, 3.8) is 0 Å². The summed E-state index contributed by atoms with van der Waals surface area (Å²) in [4.78, 5) is 34.3. The average molecular weight is 275 g/mol. The van der Waals surface area contributed by atoms with E-state index in [1.54, 1.807) is 12.1 Å². The van der Waals surface area contributed by atoms with Crippen LogP contribution >= 0.6 is 0 Å². The molecule has 3 aliphatic heterocycles. The summed E-state index contributed by atoms with van der Waals surface area (Å²) in [7, 11) is 0. The van der Waals surface area contributed by atoms with Crippen molar-refractivity contribution in [1.82, 2.24) is 0 Å². The molecule has 4 unspecified atom stereocenters. The maximum atomic E-state index is 11.8. The van der Waals surface area contributed by atoms with Crippen LogP contribution in [0, 0.1) is 22.0 Å². The quantitative estimate of drug-likeness (QED) is 0.329. The van der Waals surface area contributed by atoms with Gasteiger partial charge in [0.1, 0.15) is 5.92 Å². The Morgan fingerprint density at radius 2 is 1.95 bits per heavy atom. The third kappa shape index (κ3) is 1.23. The third-order valence-corrected chi connectivity index (χ3v) is 4.34. The molecule has 3 heterocycles. The minimum Gasteiger partial charge on any atom is -0.393 e. The molecule has 4 atom stereocenters. The van der Waals surface area contributed by atoms with Gasteiger partial charge in [0.2, 0.25) is 0 Å². The number of carbonyl (C=O) groups is 2. The van der Waals surface area contributed by atoms with Gasteiger partial charge in [0.25, 0.3) is 5.69 Å². The van der Waals surface area contributed by atoms with Crippen molar-refractivity contribution < 1.29 is 24.0 Å². The van der Waals surface area contributed by atoms with Crippen molar-refractivity contribution in [3.8, 4) is 0 Å². The second-order valence-electron chi connectivity index (χ2n) is 5.19. The lowest BCUT2D eigenvalue weighted by atomic mass is 9.66. The summed E-state index contributed by atoms with van der Waals surface area (Å²) in [5.74, 6) is -3.00. The normalized spacial score (nSPS) is 33.6. The Morgan fingerprint density at radius 1 is 1.20 bits per heavy atom. The Labute approximate surface area is 112 Å². The summed E-state index contributed by atoms with van der Waals surface area (Å²) in [6.07, 6.45) is -0.626. The molecule has 2 bridgehead atoms. The lowest BCUT2D eigenvalue weighted by Crippen LogP contribution is -2.44. The Morgan fingerprint density at radius 3 is 2.70 bits per heavy atom. The maximum Gasteiger partial charge on any atom is 0.320 e. The van der Waals surface area contributed by atoms with Crippen molar-refractivity contribution in [2.75, 3.05) is 6.61 Å². The number of esters is 2. The zero-order chi connectivity index (χ0) is 14.0. The minimum absolute atomic E-state index is 0.0219. The summed E-state index contributed by atoms with van der Waals surface area (Å²) in [6, 6.07) is 4.69. The second-order valence-corrected chi connectivity index (χ2v) is 5.19. The number of ether oxygens (including phenoxy) is 2. The topological polar surface area (TPSA) is 95.7 Å². The van der Waals surface area contributed by atoms with Crippen LogP contribution in [0.4, 0.5) is 5.69 Å². The minimum atomic E-state index is -0.671. The molecule has 0 N–H and O–H groups in total. The van der Waals surface area contributed by atoms with Gasteiger partial charge < -0.3 is 9.47 Å². The largest absolute Gasteiger partial charge is 0.393 e. The number of benzene rings is 1. The van der Waals surface area contributed by atoms with E-state index in [0.29, 0.717) is 11.1 Å². The van der Waals surface area contributed by atoms with Crippen LogP contribution in [-0.4, -0.2) is 23.5 Å². The molecule has 4 aliphatic rings. The summed E-state index contributed by atoms with van der Waals surface area (Å²) in [5, 5.41) is 11.2. The average Bonchev–Trinajstić information content (AvgIpc) is 2.76. The number of hydrogen-bond donors (Lipinski definition) is 0. The number of nitro benzene ring substituents is 1. The summed E-state index contributed by atoms with van der Waals surface area (Å²) in [5.41, 5.74) is 1.12. The highest BCUT2D eigenvalue weighted by atomic mass is 16.6. The first kappa shape index (κ1) is 11.5. The van der Waals surface area contributed by atoms with Gasteiger partial charge in [-0.25, -0.2) is 0 Å². The molecule has 20 heavy (non-hydrogen) atoms. The molecule has 2 fully saturated rings. The van der Waals surface area contributed by atoms with Gasteiger partial charge in [-0.1, -0.05) is 12.1 Å². The van der Waals surface area contributed by atoms with E-state index < -0.39 is 40.7 Å². The van der Waals surface area contributed by atoms with Crippen LogP contribution in [0.5, 0.6) is 0 Å². The Kier molecular flexibility index (Phi) is 2.10. The molecule has 1 aromatic rings. The number of carbonyl (C=O) groups excluding carboxylic acids is 2. The number of nitro groups is 1. The molecule has 5 rings (SSSR count). The first-order valence-corrected chi connectivity index (χ1v) is 6.24.